The number of ether oxygens (including phenoxy) is 1. The van der Waals surface area contributed by atoms with Gasteiger partial charge in [-0.05, 0) is 39.0 Å². The summed E-state index contributed by atoms with van der Waals surface area (Å²) in [6.45, 7) is 5.45. The van der Waals surface area contributed by atoms with Crippen LogP contribution >= 0.6 is 0 Å². The summed E-state index contributed by atoms with van der Waals surface area (Å²) in [5, 5.41) is 8.77. The van der Waals surface area contributed by atoms with Gasteiger partial charge < -0.3 is 14.7 Å². The van der Waals surface area contributed by atoms with Crippen molar-refractivity contribution in [3.05, 3.63) is 23.8 Å². The van der Waals surface area contributed by atoms with E-state index in [2.05, 4.69) is 4.72 Å². The Morgan fingerprint density at radius 3 is 2.44 bits per heavy atom. The molecule has 8 nitrogen and oxygen atoms in total. The molecule has 0 bridgehead atoms. The first-order valence-corrected chi connectivity index (χ1v) is 9.32. The molecule has 0 aliphatic carbocycles. The van der Waals surface area contributed by atoms with E-state index in [1.54, 1.807) is 20.8 Å². The van der Waals surface area contributed by atoms with Crippen LogP contribution < -0.4 is 9.46 Å². The van der Waals surface area contributed by atoms with Crippen LogP contribution in [0.2, 0.25) is 0 Å². The molecule has 0 saturated carbocycles. The number of nitrogens with one attached hydrogen (secondary N) is 1. The van der Waals surface area contributed by atoms with Gasteiger partial charge in [-0.15, -0.1) is 0 Å². The summed E-state index contributed by atoms with van der Waals surface area (Å²) in [4.78, 5) is 24.5. The average molecular weight is 372 g/mol. The summed E-state index contributed by atoms with van der Waals surface area (Å²) in [7, 11) is -2.51. The number of sulfonamides is 1. The van der Waals surface area contributed by atoms with Gasteiger partial charge in [-0.2, -0.15) is 0 Å². The maximum atomic E-state index is 12.6. The first kappa shape index (κ1) is 20.9. The molecule has 25 heavy (non-hydrogen) atoms. The van der Waals surface area contributed by atoms with E-state index in [0.29, 0.717) is 6.54 Å². The van der Waals surface area contributed by atoms with Crippen LogP contribution in [-0.4, -0.2) is 56.5 Å². The monoisotopic (exact) mass is 372 g/mol. The Hall–Kier alpha value is -2.13. The highest BCUT2D eigenvalue weighted by atomic mass is 32.2. The highest BCUT2D eigenvalue weighted by molar-refractivity contribution is 7.89. The molecule has 2 N–H and O–H groups in total. The Morgan fingerprint density at radius 1 is 1.32 bits per heavy atom. The summed E-state index contributed by atoms with van der Waals surface area (Å²) in [5.74, 6) is -1.32. The standard InChI is InChI=1S/C16H24N2O6S/c1-5-18(9-8-15(19)20)16(21)12-6-7-13(24-4)14(10-12)25(22,23)17-11(2)3/h6-7,10-11,17H,5,8-9H2,1-4H3,(H,19,20). The number of methoxy groups -OCH3 is 1. The number of benzene rings is 1. The molecule has 0 atom stereocenters. The largest absolute Gasteiger partial charge is 0.495 e. The quantitative estimate of drug-likeness (QED) is 0.676. The van der Waals surface area contributed by atoms with Crippen molar-refractivity contribution in [2.45, 2.75) is 38.1 Å². The number of carboxylic acid groups (broad SMARTS) is 1. The summed E-state index contributed by atoms with van der Waals surface area (Å²) >= 11 is 0. The molecule has 1 aromatic carbocycles. The van der Waals surface area contributed by atoms with Crippen molar-refractivity contribution in [3.63, 3.8) is 0 Å². The molecular formula is C16H24N2O6S. The predicted octanol–water partition coefficient (Wildman–Crippen LogP) is 1.32. The Labute approximate surface area is 147 Å². The first-order chi connectivity index (χ1) is 11.6. The lowest BCUT2D eigenvalue weighted by molar-refractivity contribution is -0.137. The lowest BCUT2D eigenvalue weighted by atomic mass is 10.2. The number of carbonyl (C=O) groups is 2. The van der Waals surface area contributed by atoms with Crippen LogP contribution in [0.3, 0.4) is 0 Å². The molecule has 0 unspecified atom stereocenters. The molecule has 0 aromatic heterocycles. The minimum atomic E-state index is -3.86. The van der Waals surface area contributed by atoms with Gasteiger partial charge in [0.25, 0.3) is 5.91 Å². The first-order valence-electron chi connectivity index (χ1n) is 7.83. The van der Waals surface area contributed by atoms with Gasteiger partial charge in [-0.1, -0.05) is 0 Å². The lowest BCUT2D eigenvalue weighted by Gasteiger charge is -2.21. The van der Waals surface area contributed by atoms with Gasteiger partial charge >= 0.3 is 5.97 Å². The second-order valence-electron chi connectivity index (χ2n) is 5.67. The second kappa shape index (κ2) is 8.82. The zero-order valence-electron chi connectivity index (χ0n) is 14.8. The Morgan fingerprint density at radius 2 is 1.96 bits per heavy atom. The molecule has 1 rings (SSSR count). The number of rotatable bonds is 9. The van der Waals surface area contributed by atoms with Crippen molar-refractivity contribution < 1.29 is 27.9 Å². The normalized spacial score (nSPS) is 11.4. The Balaban J connectivity index is 3.23. The number of carbonyl (C=O) groups excluding carboxylic acids is 1. The fourth-order valence-electron chi connectivity index (χ4n) is 2.21. The molecule has 9 heteroatoms. The average Bonchev–Trinajstić information content (AvgIpc) is 2.53. The smallest absolute Gasteiger partial charge is 0.305 e. The molecule has 140 valence electrons. The number of nitrogens with zero attached hydrogens (tertiary/aromatic N) is 1. The highest BCUT2D eigenvalue weighted by Gasteiger charge is 2.24. The van der Waals surface area contributed by atoms with Crippen molar-refractivity contribution in [1.82, 2.24) is 9.62 Å². The van der Waals surface area contributed by atoms with Crippen molar-refractivity contribution in [1.29, 1.82) is 0 Å². The van der Waals surface area contributed by atoms with Gasteiger partial charge in [0.1, 0.15) is 10.6 Å². The van der Waals surface area contributed by atoms with Crippen molar-refractivity contribution in [3.8, 4) is 5.75 Å². The third kappa shape index (κ3) is 5.71. The van der Waals surface area contributed by atoms with Gasteiger partial charge in [0, 0.05) is 24.7 Å². The van der Waals surface area contributed by atoms with Crippen LogP contribution in [0.25, 0.3) is 0 Å². The fraction of sp³-hybridized carbons (Fsp3) is 0.500. The van der Waals surface area contributed by atoms with E-state index in [0.717, 1.165) is 0 Å². The van der Waals surface area contributed by atoms with E-state index in [1.807, 2.05) is 0 Å². The van der Waals surface area contributed by atoms with Gasteiger partial charge in [-0.3, -0.25) is 9.59 Å². The van der Waals surface area contributed by atoms with Gasteiger partial charge in [0.2, 0.25) is 10.0 Å². The van der Waals surface area contributed by atoms with Gasteiger partial charge in [0.05, 0.1) is 13.5 Å². The maximum absolute atomic E-state index is 12.6. The molecule has 0 aliphatic rings. The molecule has 0 fully saturated rings. The predicted molar refractivity (Wildman–Crippen MR) is 92.3 cm³/mol. The molecule has 0 radical (unpaired) electrons. The lowest BCUT2D eigenvalue weighted by Crippen LogP contribution is -2.33. The van der Waals surface area contributed by atoms with E-state index in [9.17, 15) is 18.0 Å². The summed E-state index contributed by atoms with van der Waals surface area (Å²) in [5.41, 5.74) is 0.150. The van der Waals surface area contributed by atoms with E-state index in [1.165, 1.54) is 30.2 Å². The highest BCUT2D eigenvalue weighted by Crippen LogP contribution is 2.25. The van der Waals surface area contributed by atoms with Gasteiger partial charge in [0.15, 0.2) is 0 Å². The van der Waals surface area contributed by atoms with E-state index < -0.39 is 21.9 Å². The molecule has 0 aliphatic heterocycles. The third-order valence-corrected chi connectivity index (χ3v) is 5.04. The molecule has 1 amide bonds. The summed E-state index contributed by atoms with van der Waals surface area (Å²) in [6, 6.07) is 3.79. The fourth-order valence-corrected chi connectivity index (χ4v) is 3.66. The summed E-state index contributed by atoms with van der Waals surface area (Å²) < 4.78 is 32.5. The number of hydrogen-bond acceptors (Lipinski definition) is 5. The minimum Gasteiger partial charge on any atom is -0.495 e. The van der Waals surface area contributed by atoms with Crippen molar-refractivity contribution in [2.24, 2.45) is 0 Å². The van der Waals surface area contributed by atoms with Crippen LogP contribution in [0.15, 0.2) is 23.1 Å². The topological polar surface area (TPSA) is 113 Å². The van der Waals surface area contributed by atoms with Gasteiger partial charge in [-0.25, -0.2) is 13.1 Å². The maximum Gasteiger partial charge on any atom is 0.305 e. The summed E-state index contributed by atoms with van der Waals surface area (Å²) in [6.07, 6.45) is -0.185. The molecule has 0 saturated heterocycles. The van der Waals surface area contributed by atoms with Crippen LogP contribution in [0.1, 0.15) is 37.6 Å². The van der Waals surface area contributed by atoms with Crippen LogP contribution in [0, 0.1) is 0 Å². The molecule has 1 aromatic rings. The van der Waals surface area contributed by atoms with Crippen LogP contribution in [0.4, 0.5) is 0 Å². The van der Waals surface area contributed by atoms with Crippen LogP contribution in [-0.2, 0) is 14.8 Å². The van der Waals surface area contributed by atoms with E-state index in [-0.39, 0.29) is 35.2 Å². The number of hydrogen-bond donors (Lipinski definition) is 2. The molecule has 0 spiro atoms. The van der Waals surface area contributed by atoms with Crippen LogP contribution in [0.5, 0.6) is 5.75 Å². The van der Waals surface area contributed by atoms with Crippen molar-refractivity contribution in [2.75, 3.05) is 20.2 Å². The number of amides is 1. The zero-order chi connectivity index (χ0) is 19.2. The molecule has 0 heterocycles. The number of carboxylic acids is 1. The zero-order valence-corrected chi connectivity index (χ0v) is 15.6. The van der Waals surface area contributed by atoms with Crippen molar-refractivity contribution >= 4 is 21.9 Å². The SMILES string of the molecule is CCN(CCC(=O)O)C(=O)c1ccc(OC)c(S(=O)(=O)NC(C)C)c1. The number of aliphatic carboxylic acids is 1. The van der Waals surface area contributed by atoms with E-state index >= 15 is 0 Å². The molecular weight excluding hydrogens is 348 g/mol. The second-order valence-corrected chi connectivity index (χ2v) is 7.35. The Bertz CT molecular complexity index is 730. The van der Waals surface area contributed by atoms with E-state index in [4.69, 9.17) is 9.84 Å². The third-order valence-electron chi connectivity index (χ3n) is 3.36. The minimum absolute atomic E-state index is 0.0447. The Kier molecular flexibility index (Phi) is 7.38.